The highest BCUT2D eigenvalue weighted by Crippen LogP contribution is 2.31. The van der Waals surface area contributed by atoms with Crippen LogP contribution >= 0.6 is 0 Å². The molecule has 8 heteroatoms. The van der Waals surface area contributed by atoms with Crippen molar-refractivity contribution in [2.24, 2.45) is 11.8 Å². The molecule has 1 heterocycles. The molecule has 0 unspecified atom stereocenters. The van der Waals surface area contributed by atoms with Crippen molar-refractivity contribution in [2.45, 2.75) is 39.9 Å². The number of rotatable bonds is 5. The molecule has 0 atom stereocenters. The molecule has 0 amide bonds. The van der Waals surface area contributed by atoms with Gasteiger partial charge < -0.3 is 4.90 Å². The summed E-state index contributed by atoms with van der Waals surface area (Å²) in [5, 5.41) is 0. The topological polar surface area (TPSA) is 67.1 Å². The van der Waals surface area contributed by atoms with E-state index in [2.05, 4.69) is 15.4 Å². The van der Waals surface area contributed by atoms with E-state index in [1.807, 2.05) is 27.7 Å². The lowest BCUT2D eigenvalue weighted by Crippen LogP contribution is -2.35. The summed E-state index contributed by atoms with van der Waals surface area (Å²) in [6.45, 7) is 8.36. The maximum atomic E-state index is 12.8. The number of hydrogen-bond donors (Lipinski definition) is 2. The molecular formula is C12H20F3N5. The fourth-order valence-corrected chi connectivity index (χ4v) is 1.75. The number of nitrogens with one attached hydrogen (secondary N) is 1. The number of aromatic nitrogens is 2. The van der Waals surface area contributed by atoms with Gasteiger partial charge in [0.2, 0.25) is 5.95 Å². The Balaban J connectivity index is 3.27. The molecule has 1 aromatic heterocycles. The maximum absolute atomic E-state index is 12.8. The second-order valence-corrected chi connectivity index (χ2v) is 5.22. The highest BCUT2D eigenvalue weighted by molar-refractivity contribution is 5.46. The molecule has 0 bridgehead atoms. The average molecular weight is 291 g/mol. The second-order valence-electron chi connectivity index (χ2n) is 5.22. The van der Waals surface area contributed by atoms with Crippen LogP contribution in [0.3, 0.4) is 0 Å². The molecule has 5 nitrogen and oxygen atoms in total. The number of halogens is 3. The molecule has 0 saturated carbocycles. The quantitative estimate of drug-likeness (QED) is 0.645. The van der Waals surface area contributed by atoms with Gasteiger partial charge in [-0.05, 0) is 19.8 Å². The van der Waals surface area contributed by atoms with Gasteiger partial charge in [-0.2, -0.15) is 18.2 Å². The SMILES string of the molecule is CC(C)CN(c1cc(C(F)(F)F)nc(NN)n1)C(C)C. The van der Waals surface area contributed by atoms with Crippen LogP contribution in [-0.2, 0) is 6.18 Å². The summed E-state index contributed by atoms with van der Waals surface area (Å²) >= 11 is 0. The van der Waals surface area contributed by atoms with Crippen LogP contribution in [0.15, 0.2) is 6.07 Å². The van der Waals surface area contributed by atoms with E-state index < -0.39 is 11.9 Å². The predicted molar refractivity (Wildman–Crippen MR) is 72.2 cm³/mol. The third-order valence-electron chi connectivity index (χ3n) is 2.61. The molecule has 0 spiro atoms. The predicted octanol–water partition coefficient (Wildman–Crippen LogP) is 2.65. The van der Waals surface area contributed by atoms with E-state index in [1.165, 1.54) is 0 Å². The summed E-state index contributed by atoms with van der Waals surface area (Å²) in [4.78, 5) is 9.16. The second kappa shape index (κ2) is 6.25. The Labute approximate surface area is 116 Å². The Morgan fingerprint density at radius 1 is 1.25 bits per heavy atom. The van der Waals surface area contributed by atoms with E-state index in [-0.39, 0.29) is 23.7 Å². The van der Waals surface area contributed by atoms with Crippen LogP contribution in [0.1, 0.15) is 33.4 Å². The van der Waals surface area contributed by atoms with Gasteiger partial charge >= 0.3 is 6.18 Å². The lowest BCUT2D eigenvalue weighted by molar-refractivity contribution is -0.141. The molecule has 1 rings (SSSR count). The standard InChI is InChI=1S/C12H20F3N5/c1-7(2)6-20(8(3)4)10-5-9(12(13,14)15)17-11(18-10)19-16/h5,7-8H,6,16H2,1-4H3,(H,17,18,19). The highest BCUT2D eigenvalue weighted by atomic mass is 19.4. The number of nitrogen functional groups attached to an aromatic ring is 1. The van der Waals surface area contributed by atoms with E-state index in [9.17, 15) is 13.2 Å². The Kier molecular flexibility index (Phi) is 5.15. The number of nitrogens with two attached hydrogens (primary N) is 1. The van der Waals surface area contributed by atoms with E-state index in [1.54, 1.807) is 4.90 Å². The smallest absolute Gasteiger partial charge is 0.354 e. The Morgan fingerprint density at radius 2 is 1.85 bits per heavy atom. The van der Waals surface area contributed by atoms with Crippen molar-refractivity contribution in [1.82, 2.24) is 9.97 Å². The molecule has 0 radical (unpaired) electrons. The minimum absolute atomic E-state index is 0.0130. The van der Waals surface area contributed by atoms with Crippen molar-refractivity contribution in [2.75, 3.05) is 16.9 Å². The van der Waals surface area contributed by atoms with Gasteiger partial charge in [-0.1, -0.05) is 13.8 Å². The zero-order valence-corrected chi connectivity index (χ0v) is 12.0. The zero-order valence-electron chi connectivity index (χ0n) is 12.0. The molecule has 0 aliphatic heterocycles. The minimum atomic E-state index is -4.54. The van der Waals surface area contributed by atoms with E-state index in [4.69, 9.17) is 5.84 Å². The molecule has 114 valence electrons. The van der Waals surface area contributed by atoms with Gasteiger partial charge in [0.1, 0.15) is 5.82 Å². The fourth-order valence-electron chi connectivity index (χ4n) is 1.75. The van der Waals surface area contributed by atoms with Crippen LogP contribution in [0.5, 0.6) is 0 Å². The van der Waals surface area contributed by atoms with Crippen molar-refractivity contribution in [3.05, 3.63) is 11.8 Å². The summed E-state index contributed by atoms with van der Waals surface area (Å²) in [6.07, 6.45) is -4.54. The monoisotopic (exact) mass is 291 g/mol. The number of hydrogen-bond acceptors (Lipinski definition) is 5. The van der Waals surface area contributed by atoms with Gasteiger partial charge in [0.05, 0.1) is 0 Å². The maximum Gasteiger partial charge on any atom is 0.433 e. The van der Waals surface area contributed by atoms with Crippen molar-refractivity contribution < 1.29 is 13.2 Å². The number of nitrogens with zero attached hydrogens (tertiary/aromatic N) is 3. The molecule has 1 aromatic rings. The summed E-state index contributed by atoms with van der Waals surface area (Å²) < 4.78 is 38.5. The number of alkyl halides is 3. The molecule has 3 N–H and O–H groups in total. The fraction of sp³-hybridized carbons (Fsp3) is 0.667. The van der Waals surface area contributed by atoms with Crippen LogP contribution in [0, 0.1) is 5.92 Å². The van der Waals surface area contributed by atoms with E-state index in [0.29, 0.717) is 6.54 Å². The first-order valence-corrected chi connectivity index (χ1v) is 6.34. The normalized spacial score (nSPS) is 12.1. The van der Waals surface area contributed by atoms with Crippen molar-refractivity contribution in [1.29, 1.82) is 0 Å². The lowest BCUT2D eigenvalue weighted by Gasteiger charge is -2.30. The Bertz CT molecular complexity index is 445. The summed E-state index contributed by atoms with van der Waals surface area (Å²) in [5.74, 6) is 5.40. The molecule has 0 saturated heterocycles. The third kappa shape index (κ3) is 4.22. The molecule has 0 aliphatic carbocycles. The summed E-state index contributed by atoms with van der Waals surface area (Å²) in [5.41, 5.74) is 1.07. The third-order valence-corrected chi connectivity index (χ3v) is 2.61. The minimum Gasteiger partial charge on any atom is -0.354 e. The first-order valence-electron chi connectivity index (χ1n) is 6.34. The van der Waals surface area contributed by atoms with Crippen molar-refractivity contribution in [3.63, 3.8) is 0 Å². The first kappa shape index (κ1) is 16.5. The molecule has 0 aliphatic rings. The van der Waals surface area contributed by atoms with Gasteiger partial charge in [0.25, 0.3) is 0 Å². The molecule has 0 aromatic carbocycles. The first-order chi connectivity index (χ1) is 9.15. The van der Waals surface area contributed by atoms with Crippen LogP contribution in [0.25, 0.3) is 0 Å². The van der Waals surface area contributed by atoms with Gasteiger partial charge in [0.15, 0.2) is 5.69 Å². The van der Waals surface area contributed by atoms with Crippen molar-refractivity contribution >= 4 is 11.8 Å². The van der Waals surface area contributed by atoms with Crippen LogP contribution < -0.4 is 16.2 Å². The summed E-state index contributed by atoms with van der Waals surface area (Å²) in [7, 11) is 0. The van der Waals surface area contributed by atoms with E-state index in [0.717, 1.165) is 6.07 Å². The van der Waals surface area contributed by atoms with Crippen LogP contribution in [0.2, 0.25) is 0 Å². The number of anilines is 2. The Hall–Kier alpha value is -1.57. The van der Waals surface area contributed by atoms with Gasteiger partial charge in [-0.25, -0.2) is 10.8 Å². The highest BCUT2D eigenvalue weighted by Gasteiger charge is 2.34. The van der Waals surface area contributed by atoms with Gasteiger partial charge in [0, 0.05) is 18.7 Å². The lowest BCUT2D eigenvalue weighted by atomic mass is 10.1. The molecule has 0 fully saturated rings. The van der Waals surface area contributed by atoms with Crippen LogP contribution in [-0.4, -0.2) is 22.6 Å². The van der Waals surface area contributed by atoms with Gasteiger partial charge in [-0.3, -0.25) is 5.43 Å². The largest absolute Gasteiger partial charge is 0.433 e. The zero-order chi connectivity index (χ0) is 15.5. The summed E-state index contributed by atoms with van der Waals surface area (Å²) in [6, 6.07) is 0.961. The average Bonchev–Trinajstić information content (AvgIpc) is 2.33. The molecule has 20 heavy (non-hydrogen) atoms. The number of hydrazine groups is 1. The van der Waals surface area contributed by atoms with Crippen molar-refractivity contribution in [3.8, 4) is 0 Å². The Morgan fingerprint density at radius 3 is 2.25 bits per heavy atom. The van der Waals surface area contributed by atoms with E-state index >= 15 is 0 Å². The van der Waals surface area contributed by atoms with Crippen LogP contribution in [0.4, 0.5) is 24.9 Å². The molecular weight excluding hydrogens is 271 g/mol. The van der Waals surface area contributed by atoms with Gasteiger partial charge in [-0.15, -0.1) is 0 Å².